The molecule has 2 rings (SSSR count). The molecule has 0 saturated carbocycles. The van der Waals surface area contributed by atoms with E-state index in [1.165, 1.54) is 26.0 Å². The van der Waals surface area contributed by atoms with Crippen LogP contribution in [-0.4, -0.2) is 49.5 Å². The van der Waals surface area contributed by atoms with Crippen LogP contribution in [0.3, 0.4) is 0 Å². The highest BCUT2D eigenvalue weighted by Gasteiger charge is 2.33. The monoisotopic (exact) mass is 306 g/mol. The zero-order valence-electron chi connectivity index (χ0n) is 13.0. The molecule has 2 amide bonds. The normalized spacial score (nSPS) is 16.8. The first kappa shape index (κ1) is 16.0. The summed E-state index contributed by atoms with van der Waals surface area (Å²) in [6.07, 6.45) is -0.698. The molecule has 0 fully saturated rings. The molecule has 0 spiro atoms. The van der Waals surface area contributed by atoms with Crippen LogP contribution in [0.4, 0.5) is 5.69 Å². The fourth-order valence-corrected chi connectivity index (χ4v) is 2.13. The Labute approximate surface area is 128 Å². The lowest BCUT2D eigenvalue weighted by Crippen LogP contribution is -2.49. The molecule has 0 bridgehead atoms. The van der Waals surface area contributed by atoms with Crippen molar-refractivity contribution in [1.82, 2.24) is 5.06 Å². The summed E-state index contributed by atoms with van der Waals surface area (Å²) in [4.78, 5) is 42.0. The summed E-state index contributed by atoms with van der Waals surface area (Å²) in [6.45, 7) is 2.86. The van der Waals surface area contributed by atoms with E-state index in [0.29, 0.717) is 17.0 Å². The number of benzene rings is 1. The molecular weight excluding hydrogens is 288 g/mol. The smallest absolute Gasteiger partial charge is 0.268 e. The molecule has 7 nitrogen and oxygen atoms in total. The Balaban J connectivity index is 2.40. The number of anilines is 1. The second-order valence-corrected chi connectivity index (χ2v) is 5.00. The van der Waals surface area contributed by atoms with Crippen molar-refractivity contribution < 1.29 is 24.0 Å². The summed E-state index contributed by atoms with van der Waals surface area (Å²) < 4.78 is 5.52. The number of carbonyl (C=O) groups is 3. The number of fused-ring (bicyclic) bond motifs is 1. The molecule has 7 heteroatoms. The summed E-state index contributed by atoms with van der Waals surface area (Å²) in [5.74, 6) is -0.394. The Morgan fingerprint density at radius 2 is 2.09 bits per heavy atom. The van der Waals surface area contributed by atoms with Gasteiger partial charge >= 0.3 is 0 Å². The molecule has 0 aromatic heterocycles. The van der Waals surface area contributed by atoms with E-state index < -0.39 is 6.10 Å². The van der Waals surface area contributed by atoms with E-state index in [0.717, 1.165) is 5.06 Å². The Morgan fingerprint density at radius 1 is 1.41 bits per heavy atom. The maximum absolute atomic E-state index is 12.3. The fourth-order valence-electron chi connectivity index (χ4n) is 2.13. The number of likely N-dealkylation sites (N-methyl/N-ethyl adjacent to an activating group) is 1. The molecule has 1 atom stereocenters. The van der Waals surface area contributed by atoms with E-state index >= 15 is 0 Å². The minimum atomic E-state index is -0.698. The predicted molar refractivity (Wildman–Crippen MR) is 78.7 cm³/mol. The SMILES string of the molecule is CON(C)C(=O)CN1C(=O)C(C)Oc2ccc(C(C)=O)cc21. The van der Waals surface area contributed by atoms with Gasteiger partial charge < -0.3 is 4.74 Å². The van der Waals surface area contributed by atoms with Crippen molar-refractivity contribution in [2.24, 2.45) is 0 Å². The fraction of sp³-hybridized carbons (Fsp3) is 0.400. The number of Topliss-reactive ketones (excluding diaryl/α,β-unsaturated/α-hetero) is 1. The van der Waals surface area contributed by atoms with Crippen molar-refractivity contribution >= 4 is 23.3 Å². The molecule has 0 radical (unpaired) electrons. The third-order valence-corrected chi connectivity index (χ3v) is 3.49. The van der Waals surface area contributed by atoms with Crippen LogP contribution in [0, 0.1) is 0 Å². The van der Waals surface area contributed by atoms with Crippen LogP contribution in [-0.2, 0) is 14.4 Å². The minimum absolute atomic E-state index is 0.130. The third-order valence-electron chi connectivity index (χ3n) is 3.49. The molecular formula is C15H18N2O5. The Kier molecular flexibility index (Phi) is 4.46. The lowest BCUT2D eigenvalue weighted by molar-refractivity contribution is -0.167. The molecule has 1 heterocycles. The predicted octanol–water partition coefficient (Wildman–Crippen LogP) is 1.02. The van der Waals surface area contributed by atoms with Crippen molar-refractivity contribution in [2.75, 3.05) is 25.6 Å². The molecule has 0 N–H and O–H groups in total. The number of ketones is 1. The second-order valence-electron chi connectivity index (χ2n) is 5.00. The van der Waals surface area contributed by atoms with Crippen LogP contribution >= 0.6 is 0 Å². The molecule has 1 unspecified atom stereocenters. The Bertz CT molecular complexity index is 628. The van der Waals surface area contributed by atoms with E-state index in [2.05, 4.69) is 0 Å². The highest BCUT2D eigenvalue weighted by atomic mass is 16.7. The van der Waals surface area contributed by atoms with Crippen LogP contribution in [0.15, 0.2) is 18.2 Å². The number of hydroxylamine groups is 2. The lowest BCUT2D eigenvalue weighted by atomic mass is 10.1. The van der Waals surface area contributed by atoms with Gasteiger partial charge in [0, 0.05) is 12.6 Å². The molecule has 118 valence electrons. The number of amides is 2. The molecule has 0 saturated heterocycles. The van der Waals surface area contributed by atoms with Gasteiger partial charge in [-0.25, -0.2) is 5.06 Å². The van der Waals surface area contributed by atoms with Crippen LogP contribution in [0.5, 0.6) is 5.75 Å². The maximum Gasteiger partial charge on any atom is 0.268 e. The van der Waals surface area contributed by atoms with E-state index in [1.54, 1.807) is 25.1 Å². The Morgan fingerprint density at radius 3 is 2.68 bits per heavy atom. The lowest BCUT2D eigenvalue weighted by Gasteiger charge is -2.33. The summed E-state index contributed by atoms with van der Waals surface area (Å²) in [5, 5.41) is 1.04. The summed E-state index contributed by atoms with van der Waals surface area (Å²) in [5.41, 5.74) is 0.857. The number of rotatable bonds is 4. The van der Waals surface area contributed by atoms with Crippen molar-refractivity contribution in [3.63, 3.8) is 0 Å². The van der Waals surface area contributed by atoms with Crippen LogP contribution in [0.25, 0.3) is 0 Å². The number of nitrogens with zero attached hydrogens (tertiary/aromatic N) is 2. The van der Waals surface area contributed by atoms with Crippen LogP contribution in [0.2, 0.25) is 0 Å². The first-order valence-corrected chi connectivity index (χ1v) is 6.78. The highest BCUT2D eigenvalue weighted by molar-refractivity contribution is 6.05. The molecule has 0 aliphatic carbocycles. The molecule has 1 aliphatic heterocycles. The van der Waals surface area contributed by atoms with Gasteiger partial charge in [-0.15, -0.1) is 0 Å². The average molecular weight is 306 g/mol. The average Bonchev–Trinajstić information content (AvgIpc) is 2.50. The molecule has 1 aliphatic rings. The first-order valence-electron chi connectivity index (χ1n) is 6.78. The summed E-state index contributed by atoms with van der Waals surface area (Å²) in [7, 11) is 2.83. The van der Waals surface area contributed by atoms with Crippen LogP contribution < -0.4 is 9.64 Å². The standard InChI is InChI=1S/C15H18N2O5/c1-9(18)11-5-6-13-12(7-11)17(15(20)10(2)22-13)8-14(19)16(3)21-4/h5-7,10H,8H2,1-4H3. The number of carbonyl (C=O) groups excluding carboxylic acids is 3. The number of ether oxygens (including phenoxy) is 1. The highest BCUT2D eigenvalue weighted by Crippen LogP contribution is 2.35. The quantitative estimate of drug-likeness (QED) is 0.613. The Hall–Kier alpha value is -2.41. The van der Waals surface area contributed by atoms with E-state index in [-0.39, 0.29) is 24.1 Å². The topological polar surface area (TPSA) is 76.2 Å². The molecule has 22 heavy (non-hydrogen) atoms. The zero-order chi connectivity index (χ0) is 16.4. The second kappa shape index (κ2) is 6.15. The van der Waals surface area contributed by atoms with E-state index in [1.807, 2.05) is 0 Å². The molecule has 1 aromatic rings. The summed E-state index contributed by atoms with van der Waals surface area (Å²) >= 11 is 0. The first-order chi connectivity index (χ1) is 10.3. The van der Waals surface area contributed by atoms with Crippen molar-refractivity contribution in [3.8, 4) is 5.75 Å². The van der Waals surface area contributed by atoms with E-state index in [9.17, 15) is 14.4 Å². The van der Waals surface area contributed by atoms with Gasteiger partial charge in [-0.2, -0.15) is 0 Å². The summed E-state index contributed by atoms with van der Waals surface area (Å²) in [6, 6.07) is 4.82. The van der Waals surface area contributed by atoms with Gasteiger partial charge in [-0.1, -0.05) is 0 Å². The van der Waals surface area contributed by atoms with Gasteiger partial charge in [-0.3, -0.25) is 24.1 Å². The van der Waals surface area contributed by atoms with Gasteiger partial charge in [0.2, 0.25) is 0 Å². The maximum atomic E-state index is 12.3. The molecule has 1 aromatic carbocycles. The van der Waals surface area contributed by atoms with Gasteiger partial charge in [0.25, 0.3) is 11.8 Å². The third kappa shape index (κ3) is 2.94. The van der Waals surface area contributed by atoms with Gasteiger partial charge in [0.05, 0.1) is 12.8 Å². The number of hydrogen-bond donors (Lipinski definition) is 0. The van der Waals surface area contributed by atoms with E-state index in [4.69, 9.17) is 9.57 Å². The minimum Gasteiger partial charge on any atom is -0.479 e. The zero-order valence-corrected chi connectivity index (χ0v) is 13.0. The van der Waals surface area contributed by atoms with Crippen LogP contribution in [0.1, 0.15) is 24.2 Å². The van der Waals surface area contributed by atoms with Crippen molar-refractivity contribution in [2.45, 2.75) is 20.0 Å². The van der Waals surface area contributed by atoms with Gasteiger partial charge in [0.15, 0.2) is 11.9 Å². The van der Waals surface area contributed by atoms with Gasteiger partial charge in [0.1, 0.15) is 12.3 Å². The number of hydrogen-bond acceptors (Lipinski definition) is 5. The largest absolute Gasteiger partial charge is 0.479 e. The van der Waals surface area contributed by atoms with Crippen molar-refractivity contribution in [1.29, 1.82) is 0 Å². The van der Waals surface area contributed by atoms with Gasteiger partial charge in [-0.05, 0) is 32.0 Å². The van der Waals surface area contributed by atoms with Crippen molar-refractivity contribution in [3.05, 3.63) is 23.8 Å².